The average Bonchev–Trinajstić information content (AvgIpc) is 2.91. The highest BCUT2D eigenvalue weighted by Crippen LogP contribution is 2.47. The largest absolute Gasteiger partial charge is 0.291 e. The predicted molar refractivity (Wildman–Crippen MR) is 105 cm³/mol. The fourth-order valence-electron chi connectivity index (χ4n) is 3.58. The Morgan fingerprint density at radius 1 is 0.893 bits per heavy atom. The van der Waals surface area contributed by atoms with Gasteiger partial charge < -0.3 is 0 Å². The van der Waals surface area contributed by atoms with Crippen molar-refractivity contribution in [3.63, 3.8) is 0 Å². The quantitative estimate of drug-likeness (QED) is 0.724. The number of para-hydroxylation sites is 1. The molecule has 0 saturated heterocycles. The molecule has 6 heteroatoms. The molecule has 1 aliphatic rings. The molecule has 0 bridgehead atoms. The summed E-state index contributed by atoms with van der Waals surface area (Å²) in [6.07, 6.45) is 0. The van der Waals surface area contributed by atoms with Crippen molar-refractivity contribution in [2.24, 2.45) is 0 Å². The molecular formula is C22H19NO4S. The molecule has 5 nitrogen and oxygen atoms in total. The van der Waals surface area contributed by atoms with Gasteiger partial charge in [-0.05, 0) is 43.7 Å². The molecule has 1 atom stereocenters. The number of hydrogen-bond acceptors (Lipinski definition) is 5. The topological polar surface area (TPSA) is 74.7 Å². The van der Waals surface area contributed by atoms with Crippen molar-refractivity contribution in [1.82, 2.24) is 0 Å². The highest BCUT2D eigenvalue weighted by Gasteiger charge is 2.51. The van der Waals surface area contributed by atoms with Crippen LogP contribution in [0.5, 0.6) is 0 Å². The number of hydrogen-bond donors (Lipinski definition) is 1. The van der Waals surface area contributed by atoms with Gasteiger partial charge in [0, 0.05) is 5.56 Å². The number of aryl methyl sites for hydroxylation is 1. The van der Waals surface area contributed by atoms with E-state index in [9.17, 15) is 18.4 Å². The summed E-state index contributed by atoms with van der Waals surface area (Å²) in [6, 6.07) is 19.8. The summed E-state index contributed by atoms with van der Waals surface area (Å²) in [7, 11) is -3.92. The van der Waals surface area contributed by atoms with Crippen LogP contribution in [0.4, 0.5) is 5.69 Å². The number of ketones is 1. The number of benzene rings is 3. The summed E-state index contributed by atoms with van der Waals surface area (Å²) >= 11 is 0. The van der Waals surface area contributed by atoms with Crippen LogP contribution in [0.25, 0.3) is 0 Å². The first-order chi connectivity index (χ1) is 13.3. The van der Waals surface area contributed by atoms with Gasteiger partial charge in [0.25, 0.3) is 0 Å². The molecule has 0 aliphatic carbocycles. The number of anilines is 1. The molecular weight excluding hydrogens is 374 g/mol. The standard InChI is InChI=1S/C22H19NO4S/c1-15-11-13-17(14-12-15)28(26,27)19-10-6-9-18-20(19)23(25)22(2,21(18)24)16-7-4-3-5-8-16/h3-14,25H,1-2H3. The second-order valence-electron chi connectivity index (χ2n) is 7.05. The Hall–Kier alpha value is -2.96. The highest BCUT2D eigenvalue weighted by atomic mass is 32.2. The Bertz CT molecular complexity index is 1170. The maximum atomic E-state index is 13.3. The molecule has 0 aromatic heterocycles. The smallest absolute Gasteiger partial charge is 0.208 e. The lowest BCUT2D eigenvalue weighted by molar-refractivity contribution is 0.0814. The van der Waals surface area contributed by atoms with Crippen molar-refractivity contribution in [3.8, 4) is 0 Å². The molecule has 1 aliphatic heterocycles. The van der Waals surface area contributed by atoms with E-state index in [0.29, 0.717) is 5.56 Å². The summed E-state index contributed by atoms with van der Waals surface area (Å²) < 4.78 is 26.5. The molecule has 1 unspecified atom stereocenters. The first-order valence-electron chi connectivity index (χ1n) is 8.82. The summed E-state index contributed by atoms with van der Waals surface area (Å²) in [4.78, 5) is 13.2. The van der Waals surface area contributed by atoms with Crippen molar-refractivity contribution in [2.45, 2.75) is 29.2 Å². The third-order valence-corrected chi connectivity index (χ3v) is 7.08. The van der Waals surface area contributed by atoms with Gasteiger partial charge in [0.15, 0.2) is 11.3 Å². The minimum Gasteiger partial charge on any atom is -0.291 e. The Balaban J connectivity index is 1.92. The Morgan fingerprint density at radius 3 is 2.18 bits per heavy atom. The zero-order chi connectivity index (χ0) is 20.1. The van der Waals surface area contributed by atoms with Crippen LogP contribution in [0.3, 0.4) is 0 Å². The maximum Gasteiger partial charge on any atom is 0.208 e. The molecule has 0 radical (unpaired) electrons. The van der Waals surface area contributed by atoms with Gasteiger partial charge in [0.05, 0.1) is 15.5 Å². The van der Waals surface area contributed by atoms with Gasteiger partial charge in [-0.3, -0.25) is 10.0 Å². The maximum absolute atomic E-state index is 13.3. The molecule has 4 rings (SSSR count). The van der Waals surface area contributed by atoms with E-state index in [1.807, 2.05) is 13.0 Å². The highest BCUT2D eigenvalue weighted by molar-refractivity contribution is 7.91. The molecule has 3 aromatic rings. The van der Waals surface area contributed by atoms with Gasteiger partial charge >= 0.3 is 0 Å². The molecule has 0 amide bonds. The van der Waals surface area contributed by atoms with Crippen LogP contribution in [-0.4, -0.2) is 19.4 Å². The van der Waals surface area contributed by atoms with Crippen LogP contribution in [-0.2, 0) is 15.4 Å². The number of carbonyl (C=O) groups is 1. The Labute approximate surface area is 163 Å². The minimum atomic E-state index is -3.92. The third kappa shape index (κ3) is 2.49. The molecule has 3 aromatic carbocycles. The van der Waals surface area contributed by atoms with Crippen molar-refractivity contribution in [2.75, 3.05) is 5.06 Å². The number of hydroxylamine groups is 1. The van der Waals surface area contributed by atoms with Gasteiger partial charge in [-0.1, -0.05) is 54.1 Å². The van der Waals surface area contributed by atoms with Gasteiger partial charge in [-0.15, -0.1) is 0 Å². The van der Waals surface area contributed by atoms with Crippen molar-refractivity contribution >= 4 is 21.3 Å². The van der Waals surface area contributed by atoms with Crippen LogP contribution in [0.1, 0.15) is 28.4 Å². The number of rotatable bonds is 3. The molecule has 1 N–H and O–H groups in total. The van der Waals surface area contributed by atoms with Crippen LogP contribution < -0.4 is 5.06 Å². The fourth-order valence-corrected chi connectivity index (χ4v) is 5.04. The Morgan fingerprint density at radius 2 is 1.54 bits per heavy atom. The number of sulfone groups is 1. The van der Waals surface area contributed by atoms with E-state index in [1.165, 1.54) is 24.3 Å². The molecule has 28 heavy (non-hydrogen) atoms. The van der Waals surface area contributed by atoms with Crippen LogP contribution >= 0.6 is 0 Å². The van der Waals surface area contributed by atoms with E-state index in [-0.39, 0.29) is 26.8 Å². The van der Waals surface area contributed by atoms with Gasteiger partial charge in [-0.25, -0.2) is 13.5 Å². The van der Waals surface area contributed by atoms with Crippen molar-refractivity contribution in [1.29, 1.82) is 0 Å². The minimum absolute atomic E-state index is 0.0134. The summed E-state index contributed by atoms with van der Waals surface area (Å²) in [5.74, 6) is -0.350. The molecule has 0 saturated carbocycles. The normalized spacial score (nSPS) is 19.0. The number of nitrogens with zero attached hydrogens (tertiary/aromatic N) is 1. The van der Waals surface area contributed by atoms with Gasteiger partial charge in [0.2, 0.25) is 9.84 Å². The lowest BCUT2D eigenvalue weighted by atomic mass is 9.87. The van der Waals surface area contributed by atoms with E-state index in [2.05, 4.69) is 0 Å². The first-order valence-corrected chi connectivity index (χ1v) is 10.3. The fraction of sp³-hybridized carbons (Fsp3) is 0.136. The monoisotopic (exact) mass is 393 g/mol. The average molecular weight is 393 g/mol. The van der Waals surface area contributed by atoms with Crippen LogP contribution in [0.2, 0.25) is 0 Å². The Kier molecular flexibility index (Phi) is 4.14. The second-order valence-corrected chi connectivity index (χ2v) is 8.97. The zero-order valence-electron chi connectivity index (χ0n) is 15.5. The lowest BCUT2D eigenvalue weighted by Gasteiger charge is -2.31. The molecule has 0 fully saturated rings. The molecule has 1 heterocycles. The number of fused-ring (bicyclic) bond motifs is 1. The summed E-state index contributed by atoms with van der Waals surface area (Å²) in [5, 5.41) is 11.8. The van der Waals surface area contributed by atoms with Gasteiger partial charge in [0.1, 0.15) is 0 Å². The zero-order valence-corrected chi connectivity index (χ0v) is 16.3. The van der Waals surface area contributed by atoms with E-state index < -0.39 is 15.4 Å². The molecule has 142 valence electrons. The van der Waals surface area contributed by atoms with Crippen molar-refractivity contribution in [3.05, 3.63) is 89.5 Å². The SMILES string of the molecule is Cc1ccc(S(=O)(=O)c2cccc3c2N(O)C(C)(c2ccccc2)C3=O)cc1. The first kappa shape index (κ1) is 18.4. The van der Waals surface area contributed by atoms with E-state index in [4.69, 9.17) is 0 Å². The van der Waals surface area contributed by atoms with Gasteiger partial charge in [-0.2, -0.15) is 0 Å². The van der Waals surface area contributed by atoms with Crippen LogP contribution in [0.15, 0.2) is 82.6 Å². The van der Waals surface area contributed by atoms with Crippen molar-refractivity contribution < 1.29 is 18.4 Å². The lowest BCUT2D eigenvalue weighted by Crippen LogP contribution is -2.43. The number of Topliss-reactive ketones (excluding diaryl/α,β-unsaturated/α-hetero) is 1. The third-order valence-electron chi connectivity index (χ3n) is 5.28. The van der Waals surface area contributed by atoms with E-state index in [0.717, 1.165) is 10.6 Å². The predicted octanol–water partition coefficient (Wildman–Crippen LogP) is 4.14. The molecule has 0 spiro atoms. The van der Waals surface area contributed by atoms with Crippen LogP contribution in [0, 0.1) is 6.92 Å². The number of carbonyl (C=O) groups excluding carboxylic acids is 1. The van der Waals surface area contributed by atoms with E-state index in [1.54, 1.807) is 49.4 Å². The second kappa shape index (κ2) is 6.29. The summed E-state index contributed by atoms with van der Waals surface area (Å²) in [5.41, 5.74) is 0.314. The van der Waals surface area contributed by atoms with E-state index >= 15 is 0 Å². The summed E-state index contributed by atoms with van der Waals surface area (Å²) in [6.45, 7) is 3.46.